The van der Waals surface area contributed by atoms with Crippen molar-refractivity contribution in [3.63, 3.8) is 0 Å². The molecule has 1 saturated heterocycles. The van der Waals surface area contributed by atoms with Crippen molar-refractivity contribution >= 4 is 34.5 Å². The van der Waals surface area contributed by atoms with Gasteiger partial charge in [-0.05, 0) is 61.3 Å². The molecule has 0 saturated carbocycles. The van der Waals surface area contributed by atoms with Crippen LogP contribution in [-0.4, -0.2) is 49.7 Å². The first-order valence-electron chi connectivity index (χ1n) is 9.77. The third-order valence-electron chi connectivity index (χ3n) is 5.10. The van der Waals surface area contributed by atoms with Gasteiger partial charge in [0.05, 0.1) is 15.6 Å². The molecule has 0 aromatic carbocycles. The van der Waals surface area contributed by atoms with Crippen LogP contribution in [0.25, 0.3) is 0 Å². The molecule has 1 aliphatic heterocycles. The zero-order chi connectivity index (χ0) is 20.9. The molecule has 0 unspecified atom stereocenters. The number of ether oxygens (including phenoxy) is 1. The van der Waals surface area contributed by atoms with Gasteiger partial charge in [0.25, 0.3) is 0 Å². The lowest BCUT2D eigenvalue weighted by Crippen LogP contribution is -2.47. The zero-order valence-corrected chi connectivity index (χ0v) is 19.6. The van der Waals surface area contributed by atoms with Gasteiger partial charge < -0.3 is 14.2 Å². The largest absolute Gasteiger partial charge is 0.591 e. The number of aromatic nitrogens is 1. The number of nitrogens with zero attached hydrogens (tertiary/aromatic N) is 3. The summed E-state index contributed by atoms with van der Waals surface area (Å²) < 4.78 is 22.7. The van der Waals surface area contributed by atoms with Crippen LogP contribution in [0, 0.1) is 12.3 Å². The first-order valence-corrected chi connectivity index (χ1v) is 11.7. The summed E-state index contributed by atoms with van der Waals surface area (Å²) in [4.78, 5) is 20.0. The minimum absolute atomic E-state index is 0.179. The van der Waals surface area contributed by atoms with Crippen molar-refractivity contribution < 1.29 is 14.1 Å². The fraction of sp³-hybridized carbons (Fsp3) is 0.750. The number of aryl methyl sites for hydroxylation is 1. The molecular formula is C20H31N3O3S2. The highest BCUT2D eigenvalue weighted by Crippen LogP contribution is 2.47. The molecule has 1 spiro atoms. The van der Waals surface area contributed by atoms with E-state index in [4.69, 9.17) is 14.1 Å². The van der Waals surface area contributed by atoms with Crippen molar-refractivity contribution in [3.05, 3.63) is 15.6 Å². The maximum atomic E-state index is 12.8. The van der Waals surface area contributed by atoms with Crippen LogP contribution < -0.4 is 0 Å². The van der Waals surface area contributed by atoms with Gasteiger partial charge in [-0.25, -0.2) is 9.78 Å². The van der Waals surface area contributed by atoms with Gasteiger partial charge in [-0.15, -0.1) is 11.3 Å². The summed E-state index contributed by atoms with van der Waals surface area (Å²) in [7, 11) is 0. The molecule has 0 bridgehead atoms. The highest BCUT2D eigenvalue weighted by molar-refractivity contribution is 7.91. The summed E-state index contributed by atoms with van der Waals surface area (Å²) in [6.07, 6.45) is 2.12. The molecule has 1 fully saturated rings. The van der Waals surface area contributed by atoms with Gasteiger partial charge in [-0.3, -0.25) is 0 Å². The molecule has 0 radical (unpaired) electrons. The van der Waals surface area contributed by atoms with E-state index in [0.29, 0.717) is 13.1 Å². The van der Waals surface area contributed by atoms with E-state index in [1.807, 2.05) is 48.5 Å². The Balaban J connectivity index is 1.84. The quantitative estimate of drug-likeness (QED) is 0.629. The topological polar surface area (TPSA) is 77.9 Å². The predicted octanol–water partition coefficient (Wildman–Crippen LogP) is 4.28. The average molecular weight is 426 g/mol. The molecule has 6 nitrogen and oxygen atoms in total. The number of carbonyl (C=O) groups excluding carboxylic acids is 1. The van der Waals surface area contributed by atoms with E-state index in [-0.39, 0.29) is 11.5 Å². The highest BCUT2D eigenvalue weighted by atomic mass is 32.2. The normalized spacial score (nSPS) is 21.9. The molecule has 8 heteroatoms. The molecule has 156 valence electrons. The van der Waals surface area contributed by atoms with Gasteiger partial charge in [0.1, 0.15) is 27.4 Å². The second-order valence-corrected chi connectivity index (χ2v) is 12.8. The van der Waals surface area contributed by atoms with Crippen molar-refractivity contribution in [2.75, 3.05) is 13.1 Å². The number of hydrogen-bond donors (Lipinski definition) is 0. The van der Waals surface area contributed by atoms with Gasteiger partial charge in [0.2, 0.25) is 0 Å². The van der Waals surface area contributed by atoms with Crippen LogP contribution in [0.4, 0.5) is 4.79 Å². The zero-order valence-electron chi connectivity index (χ0n) is 17.9. The minimum atomic E-state index is -1.32. The van der Waals surface area contributed by atoms with Crippen LogP contribution >= 0.6 is 11.3 Å². The van der Waals surface area contributed by atoms with Crippen molar-refractivity contribution in [1.29, 1.82) is 0 Å². The Hall–Kier alpha value is -1.12. The lowest BCUT2D eigenvalue weighted by Gasteiger charge is -2.39. The summed E-state index contributed by atoms with van der Waals surface area (Å²) in [6, 6.07) is 0. The molecule has 1 aliphatic carbocycles. The van der Waals surface area contributed by atoms with Gasteiger partial charge in [0, 0.05) is 24.9 Å². The number of amides is 1. The molecule has 0 N–H and O–H groups in total. The Morgan fingerprint density at radius 1 is 1.25 bits per heavy atom. The Bertz CT molecular complexity index is 782. The number of thiazole rings is 1. The van der Waals surface area contributed by atoms with Crippen LogP contribution in [0.15, 0.2) is 4.40 Å². The summed E-state index contributed by atoms with van der Waals surface area (Å²) >= 11 is 0.316. The van der Waals surface area contributed by atoms with E-state index in [2.05, 4.69) is 0 Å². The van der Waals surface area contributed by atoms with Crippen molar-refractivity contribution in [1.82, 2.24) is 9.88 Å². The van der Waals surface area contributed by atoms with Crippen molar-refractivity contribution in [2.45, 2.75) is 78.1 Å². The van der Waals surface area contributed by atoms with Gasteiger partial charge in [0.15, 0.2) is 0 Å². The summed E-state index contributed by atoms with van der Waals surface area (Å²) in [5.74, 6) is 0. The Morgan fingerprint density at radius 3 is 2.39 bits per heavy atom. The monoisotopic (exact) mass is 425 g/mol. The molecule has 1 atom stereocenters. The second kappa shape index (κ2) is 7.29. The minimum Gasteiger partial charge on any atom is -0.591 e. The fourth-order valence-corrected chi connectivity index (χ4v) is 5.46. The second-order valence-electron chi connectivity index (χ2n) is 9.73. The van der Waals surface area contributed by atoms with Crippen LogP contribution in [-0.2, 0) is 22.5 Å². The van der Waals surface area contributed by atoms with E-state index >= 15 is 0 Å². The molecule has 28 heavy (non-hydrogen) atoms. The molecule has 1 aromatic heterocycles. The van der Waals surface area contributed by atoms with Crippen LogP contribution in [0.3, 0.4) is 0 Å². The molecular weight excluding hydrogens is 394 g/mol. The molecule has 1 amide bonds. The van der Waals surface area contributed by atoms with E-state index in [9.17, 15) is 9.35 Å². The first kappa shape index (κ1) is 21.6. The number of likely N-dealkylation sites (tertiary alicyclic amines) is 1. The summed E-state index contributed by atoms with van der Waals surface area (Å²) in [5, 5.41) is 1.01. The third kappa shape index (κ3) is 4.39. The Morgan fingerprint density at radius 2 is 1.86 bits per heavy atom. The standard InChI is InChI=1S/C20H31N3O3S2/c1-13-21-14-12-20(16(15(14)27-13)22-28(25)19(5,6)7)8-10-23(11-9-20)17(24)26-18(2,3)4/h8-12H2,1-7H3/b22-16+/t28-/m1/s1. The van der Waals surface area contributed by atoms with E-state index in [1.54, 1.807) is 16.2 Å². The van der Waals surface area contributed by atoms with Gasteiger partial charge in [-0.2, -0.15) is 0 Å². The number of piperidine rings is 1. The molecule has 2 heterocycles. The lowest BCUT2D eigenvalue weighted by atomic mass is 9.75. The van der Waals surface area contributed by atoms with Crippen LogP contribution in [0.1, 0.15) is 70.0 Å². The average Bonchev–Trinajstić information content (AvgIpc) is 3.00. The van der Waals surface area contributed by atoms with Crippen molar-refractivity contribution in [2.24, 2.45) is 9.81 Å². The van der Waals surface area contributed by atoms with E-state index < -0.39 is 21.7 Å². The smallest absolute Gasteiger partial charge is 0.410 e. The van der Waals surface area contributed by atoms with Crippen molar-refractivity contribution in [3.8, 4) is 0 Å². The third-order valence-corrected chi connectivity index (χ3v) is 7.51. The SMILES string of the molecule is Cc1nc2c(s1)/C(=N\[S@+]([O-])C(C)(C)C)C1(CCN(C(=O)OC(C)(C)C)CC1)C2. The Labute approximate surface area is 175 Å². The number of hydrogen-bond acceptors (Lipinski definition) is 6. The number of carbonyl (C=O) groups is 1. The van der Waals surface area contributed by atoms with E-state index in [1.165, 1.54) is 0 Å². The van der Waals surface area contributed by atoms with Crippen LogP contribution in [0.5, 0.6) is 0 Å². The summed E-state index contributed by atoms with van der Waals surface area (Å²) in [6.45, 7) is 14.7. The maximum Gasteiger partial charge on any atom is 0.410 e. The summed E-state index contributed by atoms with van der Waals surface area (Å²) in [5.41, 5.74) is 1.32. The van der Waals surface area contributed by atoms with Crippen LogP contribution in [0.2, 0.25) is 0 Å². The van der Waals surface area contributed by atoms with Gasteiger partial charge in [-0.1, -0.05) is 4.40 Å². The maximum absolute atomic E-state index is 12.8. The highest BCUT2D eigenvalue weighted by Gasteiger charge is 2.50. The predicted molar refractivity (Wildman–Crippen MR) is 114 cm³/mol. The molecule has 2 aliphatic rings. The molecule has 3 rings (SSSR count). The fourth-order valence-electron chi connectivity index (χ4n) is 3.64. The Kier molecular flexibility index (Phi) is 5.62. The lowest BCUT2D eigenvalue weighted by molar-refractivity contribution is 0.0159. The van der Waals surface area contributed by atoms with Gasteiger partial charge >= 0.3 is 6.09 Å². The molecule has 1 aromatic rings. The number of rotatable bonds is 1. The number of fused-ring (bicyclic) bond motifs is 1. The van der Waals surface area contributed by atoms with E-state index in [0.717, 1.165) is 40.6 Å². The first-order chi connectivity index (χ1) is 12.8.